The minimum Gasteiger partial charge on any atom is -0.490 e. The number of hydrogen-bond acceptors (Lipinski definition) is 5. The van der Waals surface area contributed by atoms with E-state index in [4.69, 9.17) is 65.8 Å². The molecular formula is C18H23Cl4NO4. The quantitative estimate of drug-likeness (QED) is 0.149. The summed E-state index contributed by atoms with van der Waals surface area (Å²) >= 11 is 23.5. The van der Waals surface area contributed by atoms with Gasteiger partial charge < -0.3 is 19.4 Å². The van der Waals surface area contributed by atoms with E-state index < -0.39 is 0 Å². The Labute approximate surface area is 179 Å². The zero-order valence-electron chi connectivity index (χ0n) is 14.8. The molecule has 1 aromatic rings. The predicted molar refractivity (Wildman–Crippen MR) is 111 cm³/mol. The molecule has 0 saturated carbocycles. The molecule has 27 heavy (non-hydrogen) atoms. The van der Waals surface area contributed by atoms with Gasteiger partial charge >= 0.3 is 0 Å². The third-order valence-corrected chi connectivity index (χ3v) is 4.23. The van der Waals surface area contributed by atoms with Crippen molar-refractivity contribution in [3.63, 3.8) is 0 Å². The molecule has 0 aliphatic rings. The number of rotatable bonds is 14. The number of oxime groups is 1. The number of hydrogen-bond donors (Lipinski definition) is 1. The van der Waals surface area contributed by atoms with Gasteiger partial charge in [-0.2, -0.15) is 0 Å². The Kier molecular flexibility index (Phi) is 13.5. The molecule has 0 unspecified atom stereocenters. The molecule has 0 aliphatic heterocycles. The van der Waals surface area contributed by atoms with Crippen LogP contribution in [-0.2, 0) is 4.74 Å². The van der Waals surface area contributed by atoms with Gasteiger partial charge in [-0.3, -0.25) is 0 Å². The molecule has 152 valence electrons. The SMILES string of the molecule is ON=CCCOCCCCCCOc1c(Cl)cc(OCC=C(Cl)Cl)cc1Cl. The van der Waals surface area contributed by atoms with E-state index >= 15 is 0 Å². The van der Waals surface area contributed by atoms with Crippen LogP contribution >= 0.6 is 46.4 Å². The second-order valence-corrected chi connectivity index (χ2v) is 7.30. The molecule has 1 N–H and O–H groups in total. The van der Waals surface area contributed by atoms with Crippen molar-refractivity contribution in [3.8, 4) is 11.5 Å². The number of benzene rings is 1. The van der Waals surface area contributed by atoms with Crippen LogP contribution in [0.3, 0.4) is 0 Å². The van der Waals surface area contributed by atoms with Crippen molar-refractivity contribution < 1.29 is 19.4 Å². The summed E-state index contributed by atoms with van der Waals surface area (Å²) in [6.07, 6.45) is 7.48. The second-order valence-electron chi connectivity index (χ2n) is 5.48. The fraction of sp³-hybridized carbons (Fsp3) is 0.500. The third-order valence-electron chi connectivity index (χ3n) is 3.36. The van der Waals surface area contributed by atoms with Crippen molar-refractivity contribution >= 4 is 52.6 Å². The largest absolute Gasteiger partial charge is 0.490 e. The van der Waals surface area contributed by atoms with Gasteiger partial charge in [0.15, 0.2) is 5.75 Å². The van der Waals surface area contributed by atoms with Gasteiger partial charge in [-0.1, -0.05) is 52.8 Å². The van der Waals surface area contributed by atoms with E-state index in [0.717, 1.165) is 25.7 Å². The zero-order valence-corrected chi connectivity index (χ0v) is 17.8. The van der Waals surface area contributed by atoms with Gasteiger partial charge in [-0.15, -0.1) is 5.16 Å². The van der Waals surface area contributed by atoms with Crippen molar-refractivity contribution in [2.75, 3.05) is 26.4 Å². The van der Waals surface area contributed by atoms with Crippen molar-refractivity contribution in [1.82, 2.24) is 0 Å². The Morgan fingerprint density at radius 2 is 1.63 bits per heavy atom. The van der Waals surface area contributed by atoms with Crippen molar-refractivity contribution in [3.05, 3.63) is 32.7 Å². The monoisotopic (exact) mass is 457 g/mol. The summed E-state index contributed by atoms with van der Waals surface area (Å²) < 4.78 is 16.7. The first-order valence-electron chi connectivity index (χ1n) is 8.54. The Balaban J connectivity index is 2.22. The summed E-state index contributed by atoms with van der Waals surface area (Å²) in [4.78, 5) is 0. The van der Waals surface area contributed by atoms with E-state index in [-0.39, 0.29) is 11.1 Å². The lowest BCUT2D eigenvalue weighted by molar-refractivity contribution is 0.136. The van der Waals surface area contributed by atoms with Crippen LogP contribution < -0.4 is 9.47 Å². The van der Waals surface area contributed by atoms with Crippen LogP contribution in [0.25, 0.3) is 0 Å². The zero-order chi connectivity index (χ0) is 19.9. The minimum atomic E-state index is 0.134. The van der Waals surface area contributed by atoms with Crippen LogP contribution in [0.4, 0.5) is 0 Å². The predicted octanol–water partition coefficient (Wildman–Crippen LogP) is 6.50. The number of unbranched alkanes of at least 4 members (excludes halogenated alkanes) is 3. The first-order valence-corrected chi connectivity index (χ1v) is 10.0. The van der Waals surface area contributed by atoms with Crippen LogP contribution in [0, 0.1) is 0 Å². The highest BCUT2D eigenvalue weighted by molar-refractivity contribution is 6.55. The maximum absolute atomic E-state index is 8.24. The van der Waals surface area contributed by atoms with E-state index in [1.54, 1.807) is 12.1 Å². The highest BCUT2D eigenvalue weighted by Gasteiger charge is 2.10. The molecule has 9 heteroatoms. The number of halogens is 4. The van der Waals surface area contributed by atoms with Crippen molar-refractivity contribution in [2.24, 2.45) is 5.16 Å². The molecule has 0 amide bonds. The van der Waals surface area contributed by atoms with E-state index in [2.05, 4.69) is 5.16 Å². The number of ether oxygens (including phenoxy) is 3. The molecule has 0 aliphatic carbocycles. The molecular weight excluding hydrogens is 436 g/mol. The smallest absolute Gasteiger partial charge is 0.156 e. The summed E-state index contributed by atoms with van der Waals surface area (Å²) in [7, 11) is 0. The third kappa shape index (κ3) is 11.6. The standard InChI is InChI=1S/C18H23Cl4NO4/c19-15-12-14(26-11-6-17(21)22)13-16(20)18(15)27-10-4-2-1-3-8-25-9-5-7-23-24/h6-7,12-13,24H,1-5,8-11H2. The molecule has 0 spiro atoms. The Hall–Kier alpha value is -0.850. The summed E-state index contributed by atoms with van der Waals surface area (Å²) in [6.45, 7) is 2.01. The summed E-state index contributed by atoms with van der Waals surface area (Å²) in [6, 6.07) is 3.27. The average Bonchev–Trinajstić information content (AvgIpc) is 2.61. The molecule has 0 bridgehead atoms. The number of nitrogens with zero attached hydrogens (tertiary/aromatic N) is 1. The van der Waals surface area contributed by atoms with E-state index in [1.807, 2.05) is 0 Å². The van der Waals surface area contributed by atoms with Gasteiger partial charge in [0, 0.05) is 31.4 Å². The fourth-order valence-corrected chi connectivity index (χ4v) is 2.79. The molecule has 1 aromatic carbocycles. The molecule has 5 nitrogen and oxygen atoms in total. The lowest BCUT2D eigenvalue weighted by atomic mass is 10.2. The maximum atomic E-state index is 8.24. The summed E-state index contributed by atoms with van der Waals surface area (Å²) in [5, 5.41) is 11.9. The van der Waals surface area contributed by atoms with Crippen LogP contribution in [0.15, 0.2) is 27.9 Å². The lowest BCUT2D eigenvalue weighted by Crippen LogP contribution is -2.01. The Morgan fingerprint density at radius 3 is 2.26 bits per heavy atom. The van der Waals surface area contributed by atoms with E-state index in [1.165, 1.54) is 12.3 Å². The molecule has 0 heterocycles. The molecule has 0 aromatic heterocycles. The van der Waals surface area contributed by atoms with E-state index in [9.17, 15) is 0 Å². The lowest BCUT2D eigenvalue weighted by Gasteiger charge is -2.12. The minimum absolute atomic E-state index is 0.134. The van der Waals surface area contributed by atoms with Crippen LogP contribution in [0.2, 0.25) is 10.0 Å². The van der Waals surface area contributed by atoms with Gasteiger partial charge in [-0.25, -0.2) is 0 Å². The highest BCUT2D eigenvalue weighted by Crippen LogP contribution is 2.37. The molecule has 0 saturated heterocycles. The van der Waals surface area contributed by atoms with E-state index in [0.29, 0.717) is 47.8 Å². The Bertz CT molecular complexity index is 584. The molecule has 0 radical (unpaired) electrons. The summed E-state index contributed by atoms with van der Waals surface area (Å²) in [5.41, 5.74) is 0. The van der Waals surface area contributed by atoms with Crippen LogP contribution in [-0.4, -0.2) is 37.8 Å². The first-order chi connectivity index (χ1) is 13.0. The van der Waals surface area contributed by atoms with Gasteiger partial charge in [0.2, 0.25) is 0 Å². The van der Waals surface area contributed by atoms with Crippen LogP contribution in [0.1, 0.15) is 32.1 Å². The highest BCUT2D eigenvalue weighted by atomic mass is 35.5. The Morgan fingerprint density at radius 1 is 0.963 bits per heavy atom. The van der Waals surface area contributed by atoms with Crippen molar-refractivity contribution in [2.45, 2.75) is 32.1 Å². The molecule has 1 rings (SSSR count). The average molecular weight is 459 g/mol. The fourth-order valence-electron chi connectivity index (χ4n) is 2.09. The van der Waals surface area contributed by atoms with Crippen LogP contribution in [0.5, 0.6) is 11.5 Å². The summed E-state index contributed by atoms with van der Waals surface area (Å²) in [5.74, 6) is 0.957. The van der Waals surface area contributed by atoms with Gasteiger partial charge in [0.05, 0.1) is 23.3 Å². The maximum Gasteiger partial charge on any atom is 0.156 e. The molecule has 0 atom stereocenters. The topological polar surface area (TPSA) is 60.3 Å². The van der Waals surface area contributed by atoms with Gasteiger partial charge in [-0.05, 0) is 25.3 Å². The normalized spacial score (nSPS) is 11.0. The van der Waals surface area contributed by atoms with Crippen molar-refractivity contribution in [1.29, 1.82) is 0 Å². The second kappa shape index (κ2) is 15.1. The first kappa shape index (κ1) is 24.2. The van der Waals surface area contributed by atoms with Gasteiger partial charge in [0.25, 0.3) is 0 Å². The molecule has 0 fully saturated rings. The van der Waals surface area contributed by atoms with Gasteiger partial charge in [0.1, 0.15) is 16.8 Å².